The zero-order chi connectivity index (χ0) is 12.3. The fourth-order valence-electron chi connectivity index (χ4n) is 3.09. The summed E-state index contributed by atoms with van der Waals surface area (Å²) in [6, 6.07) is 7.38. The third kappa shape index (κ3) is 1.47. The second-order valence-electron chi connectivity index (χ2n) is 5.38. The molecule has 1 saturated carbocycles. The van der Waals surface area contributed by atoms with Gasteiger partial charge >= 0.3 is 0 Å². The van der Waals surface area contributed by atoms with Gasteiger partial charge in [0.1, 0.15) is 0 Å². The van der Waals surface area contributed by atoms with E-state index >= 15 is 0 Å². The highest BCUT2D eigenvalue weighted by atomic mass is 32.2. The fourth-order valence-corrected chi connectivity index (χ4v) is 5.18. The predicted molar refractivity (Wildman–Crippen MR) is 66.2 cm³/mol. The zero-order valence-electron chi connectivity index (χ0n) is 10.2. The fraction of sp³-hybridized carbons (Fsp3) is 0.538. The van der Waals surface area contributed by atoms with Crippen LogP contribution in [-0.2, 0) is 10.0 Å². The number of nitrogens with zero attached hydrogens (tertiary/aromatic N) is 1. The quantitative estimate of drug-likeness (QED) is 0.756. The van der Waals surface area contributed by atoms with E-state index in [-0.39, 0.29) is 11.6 Å². The molecule has 1 aliphatic heterocycles. The van der Waals surface area contributed by atoms with Gasteiger partial charge < -0.3 is 0 Å². The van der Waals surface area contributed by atoms with Crippen LogP contribution in [0.2, 0.25) is 0 Å². The molecule has 17 heavy (non-hydrogen) atoms. The van der Waals surface area contributed by atoms with Crippen molar-refractivity contribution in [3.05, 3.63) is 29.8 Å². The average molecular weight is 251 g/mol. The van der Waals surface area contributed by atoms with E-state index < -0.39 is 10.0 Å². The van der Waals surface area contributed by atoms with E-state index in [0.717, 1.165) is 24.8 Å². The number of benzene rings is 1. The third-order valence-corrected chi connectivity index (χ3v) is 6.23. The van der Waals surface area contributed by atoms with Crippen LogP contribution in [0.15, 0.2) is 29.2 Å². The lowest BCUT2D eigenvalue weighted by Gasteiger charge is -2.13. The summed E-state index contributed by atoms with van der Waals surface area (Å²) in [5, 5.41) is 0. The summed E-state index contributed by atoms with van der Waals surface area (Å²) in [5.41, 5.74) is 0.991. The van der Waals surface area contributed by atoms with Gasteiger partial charge in [0.15, 0.2) is 0 Å². The molecule has 4 heteroatoms. The predicted octanol–water partition coefficient (Wildman–Crippen LogP) is 2.31. The number of hydrogen-bond acceptors (Lipinski definition) is 2. The van der Waals surface area contributed by atoms with E-state index in [1.54, 1.807) is 16.4 Å². The van der Waals surface area contributed by atoms with Crippen LogP contribution in [0.1, 0.15) is 31.7 Å². The summed E-state index contributed by atoms with van der Waals surface area (Å²) >= 11 is 0. The number of aryl methyl sites for hydroxylation is 1. The molecule has 2 fully saturated rings. The smallest absolute Gasteiger partial charge is 0.207 e. The van der Waals surface area contributed by atoms with E-state index in [9.17, 15) is 8.42 Å². The van der Waals surface area contributed by atoms with E-state index in [4.69, 9.17) is 0 Å². The Morgan fingerprint density at radius 2 is 1.94 bits per heavy atom. The highest BCUT2D eigenvalue weighted by molar-refractivity contribution is 7.89. The second kappa shape index (κ2) is 3.33. The summed E-state index contributed by atoms with van der Waals surface area (Å²) in [6.45, 7) is 4.03. The summed E-state index contributed by atoms with van der Waals surface area (Å²) < 4.78 is 26.6. The van der Waals surface area contributed by atoms with Gasteiger partial charge in [0.25, 0.3) is 0 Å². The van der Waals surface area contributed by atoms with Gasteiger partial charge in [-0.2, -0.15) is 4.31 Å². The first-order chi connectivity index (χ1) is 7.96. The van der Waals surface area contributed by atoms with Crippen molar-refractivity contribution in [1.82, 2.24) is 4.31 Å². The summed E-state index contributed by atoms with van der Waals surface area (Å²) in [7, 11) is -3.27. The van der Waals surface area contributed by atoms with Crippen molar-refractivity contribution in [3.63, 3.8) is 0 Å². The minimum atomic E-state index is -3.27. The molecule has 0 spiro atoms. The Hall–Kier alpha value is -0.870. The number of fused-ring (bicyclic) bond motifs is 1. The first-order valence-corrected chi connectivity index (χ1v) is 7.51. The largest absolute Gasteiger partial charge is 0.243 e. The van der Waals surface area contributed by atoms with Crippen molar-refractivity contribution in [2.75, 3.05) is 0 Å². The SMILES string of the molecule is Cc1ccc(S(=O)(=O)N2C3CCCC32C)cc1. The van der Waals surface area contributed by atoms with Gasteiger partial charge in [-0.1, -0.05) is 17.7 Å². The maximum atomic E-state index is 12.5. The Morgan fingerprint density at radius 3 is 2.47 bits per heavy atom. The number of piperidine rings is 1. The van der Waals surface area contributed by atoms with Crippen LogP contribution in [-0.4, -0.2) is 24.3 Å². The van der Waals surface area contributed by atoms with Crippen LogP contribution in [0.3, 0.4) is 0 Å². The molecule has 0 N–H and O–H groups in total. The Morgan fingerprint density at radius 1 is 1.29 bits per heavy atom. The molecule has 1 saturated heterocycles. The molecule has 0 bridgehead atoms. The molecule has 92 valence electrons. The first-order valence-electron chi connectivity index (χ1n) is 6.07. The lowest BCUT2D eigenvalue weighted by Crippen LogP contribution is -2.21. The average Bonchev–Trinajstić information content (AvgIpc) is 2.68. The molecule has 3 atom stereocenters. The Labute approximate surface area is 102 Å². The Kier molecular flexibility index (Phi) is 2.20. The first kappa shape index (κ1) is 11.2. The van der Waals surface area contributed by atoms with Crippen molar-refractivity contribution >= 4 is 10.0 Å². The number of sulfonamides is 1. The number of rotatable bonds is 2. The molecule has 0 amide bonds. The molecule has 0 radical (unpaired) electrons. The van der Waals surface area contributed by atoms with Gasteiger partial charge in [-0.05, 0) is 45.2 Å². The molecule has 1 heterocycles. The summed E-state index contributed by atoms with van der Waals surface area (Å²) in [5.74, 6) is 0. The van der Waals surface area contributed by atoms with Crippen LogP contribution >= 0.6 is 0 Å². The molecular formula is C13H17NO2S. The van der Waals surface area contributed by atoms with Crippen LogP contribution in [0.25, 0.3) is 0 Å². The zero-order valence-corrected chi connectivity index (χ0v) is 11.0. The van der Waals surface area contributed by atoms with Crippen molar-refractivity contribution < 1.29 is 8.42 Å². The molecule has 3 rings (SSSR count). The normalized spacial score (nSPS) is 35.6. The van der Waals surface area contributed by atoms with Crippen LogP contribution < -0.4 is 0 Å². The molecule has 3 nitrogen and oxygen atoms in total. The van der Waals surface area contributed by atoms with Crippen molar-refractivity contribution in [3.8, 4) is 0 Å². The van der Waals surface area contributed by atoms with Gasteiger partial charge in [0, 0.05) is 6.04 Å². The Bertz CT molecular complexity index is 549. The van der Waals surface area contributed by atoms with E-state index in [1.807, 2.05) is 19.1 Å². The van der Waals surface area contributed by atoms with E-state index in [2.05, 4.69) is 6.92 Å². The molecule has 0 aromatic heterocycles. The maximum absolute atomic E-state index is 12.5. The van der Waals surface area contributed by atoms with Gasteiger partial charge in [-0.3, -0.25) is 0 Å². The minimum absolute atomic E-state index is 0.0935. The molecule has 2 aliphatic rings. The highest BCUT2D eigenvalue weighted by Gasteiger charge is 2.67. The molecule has 1 aromatic rings. The molecule has 1 aromatic carbocycles. The van der Waals surface area contributed by atoms with E-state index in [0.29, 0.717) is 4.90 Å². The lowest BCUT2D eigenvalue weighted by molar-refractivity contribution is 0.475. The van der Waals surface area contributed by atoms with Crippen molar-refractivity contribution in [1.29, 1.82) is 0 Å². The van der Waals surface area contributed by atoms with Gasteiger partial charge in [0.05, 0.1) is 10.4 Å². The molecule has 3 unspecified atom stereocenters. The van der Waals surface area contributed by atoms with Crippen LogP contribution in [0.4, 0.5) is 0 Å². The standard InChI is InChI=1S/C13H17NO2S/c1-10-5-7-11(8-6-10)17(15,16)14-12-4-3-9-13(12,14)2/h5-8,12H,3-4,9H2,1-2H3. The molecular weight excluding hydrogens is 234 g/mol. The maximum Gasteiger partial charge on any atom is 0.243 e. The second-order valence-corrected chi connectivity index (χ2v) is 7.19. The number of hydrogen-bond donors (Lipinski definition) is 0. The lowest BCUT2D eigenvalue weighted by atomic mass is 10.1. The van der Waals surface area contributed by atoms with Crippen molar-refractivity contribution in [2.24, 2.45) is 0 Å². The monoisotopic (exact) mass is 251 g/mol. The third-order valence-electron chi connectivity index (χ3n) is 4.17. The topological polar surface area (TPSA) is 37.1 Å². The van der Waals surface area contributed by atoms with Crippen LogP contribution in [0.5, 0.6) is 0 Å². The summed E-state index contributed by atoms with van der Waals surface area (Å²) in [6.07, 6.45) is 3.17. The van der Waals surface area contributed by atoms with Gasteiger partial charge in [-0.15, -0.1) is 0 Å². The van der Waals surface area contributed by atoms with Crippen LogP contribution in [0, 0.1) is 6.92 Å². The molecule has 1 aliphatic carbocycles. The van der Waals surface area contributed by atoms with Gasteiger partial charge in [0.2, 0.25) is 10.0 Å². The van der Waals surface area contributed by atoms with Crippen molar-refractivity contribution in [2.45, 2.75) is 49.6 Å². The minimum Gasteiger partial charge on any atom is -0.207 e. The highest BCUT2D eigenvalue weighted by Crippen LogP contribution is 2.55. The van der Waals surface area contributed by atoms with E-state index in [1.165, 1.54) is 0 Å². The Balaban J connectivity index is 1.96. The van der Waals surface area contributed by atoms with Gasteiger partial charge in [-0.25, -0.2) is 8.42 Å². The summed E-state index contributed by atoms with van der Waals surface area (Å²) in [4.78, 5) is 0.429.